The van der Waals surface area contributed by atoms with Gasteiger partial charge >= 0.3 is 0 Å². The van der Waals surface area contributed by atoms with E-state index in [9.17, 15) is 35.2 Å². The Morgan fingerprint density at radius 1 is 0.955 bits per heavy atom. The number of halogens is 6. The summed E-state index contributed by atoms with van der Waals surface area (Å²) in [5, 5.41) is 7.41. The molecule has 2 aliphatic rings. The van der Waals surface area contributed by atoms with E-state index in [0.29, 0.717) is 0 Å². The van der Waals surface area contributed by atoms with Crippen LogP contribution in [0.2, 0.25) is 0 Å². The zero-order valence-electron chi connectivity index (χ0n) is 23.0. The van der Waals surface area contributed by atoms with E-state index in [0.717, 1.165) is 61.0 Å². The second kappa shape index (κ2) is 12.1. The maximum absolute atomic E-state index is 15.3. The van der Waals surface area contributed by atoms with Gasteiger partial charge in [-0.2, -0.15) is 4.31 Å². The molecule has 1 atom stereocenters. The Hall–Kier alpha value is -4.05. The lowest BCUT2D eigenvalue weighted by Gasteiger charge is -2.41. The van der Waals surface area contributed by atoms with Gasteiger partial charge in [-0.3, -0.25) is 14.8 Å². The average molecular weight is 641 g/mol. The van der Waals surface area contributed by atoms with Crippen molar-refractivity contribution >= 4 is 33.5 Å². The number of nitrogens with two attached hydrogens (primary N) is 1. The van der Waals surface area contributed by atoms with E-state index < -0.39 is 80.5 Å². The molecule has 1 aliphatic heterocycles. The van der Waals surface area contributed by atoms with Crippen molar-refractivity contribution in [1.82, 2.24) is 14.3 Å². The number of carbonyl (C=O) groups is 1. The normalized spacial score (nSPS) is 17.7. The Morgan fingerprint density at radius 2 is 1.59 bits per heavy atom. The van der Waals surface area contributed by atoms with Crippen molar-refractivity contribution in [2.24, 2.45) is 0 Å². The molecule has 5 rings (SSSR count). The molecule has 3 aromatic rings. The molecule has 0 spiro atoms. The largest absolute Gasteiger partial charge is 0.398 e. The molecule has 9 nitrogen and oxygen atoms in total. The van der Waals surface area contributed by atoms with E-state index >= 15 is 4.39 Å². The maximum Gasteiger partial charge on any atom is 0.249 e. The van der Waals surface area contributed by atoms with Gasteiger partial charge in [0.1, 0.15) is 11.9 Å². The summed E-state index contributed by atoms with van der Waals surface area (Å²) in [5.74, 6) is -14.5. The molecule has 0 radical (unpaired) electrons. The second-order valence-corrected chi connectivity index (χ2v) is 12.4. The summed E-state index contributed by atoms with van der Waals surface area (Å²) in [6.07, 6.45) is 8.61. The predicted octanol–water partition coefficient (Wildman–Crippen LogP) is 4.94. The number of rotatable bonds is 8. The fourth-order valence-corrected chi connectivity index (χ4v) is 7.17. The smallest absolute Gasteiger partial charge is 0.249 e. The van der Waals surface area contributed by atoms with Crippen LogP contribution in [-0.2, 0) is 21.4 Å². The first-order valence-corrected chi connectivity index (χ1v) is 15.1. The van der Waals surface area contributed by atoms with E-state index in [-0.39, 0.29) is 33.6 Å². The van der Waals surface area contributed by atoms with Crippen molar-refractivity contribution in [2.45, 2.75) is 61.9 Å². The number of anilines is 2. The van der Waals surface area contributed by atoms with Gasteiger partial charge in [0.2, 0.25) is 21.7 Å². The fraction of sp³-hybridized carbons (Fsp3) is 0.357. The van der Waals surface area contributed by atoms with Crippen molar-refractivity contribution in [2.75, 3.05) is 17.2 Å². The number of hydrogen-bond acceptors (Lipinski definition) is 7. The molecule has 2 heterocycles. The van der Waals surface area contributed by atoms with Gasteiger partial charge < -0.3 is 16.0 Å². The first-order chi connectivity index (χ1) is 20.9. The summed E-state index contributed by atoms with van der Waals surface area (Å²) in [6, 6.07) is 0.242. The van der Waals surface area contributed by atoms with Gasteiger partial charge in [0.25, 0.3) is 0 Å². The van der Waals surface area contributed by atoms with Crippen LogP contribution in [0.3, 0.4) is 0 Å². The summed E-state index contributed by atoms with van der Waals surface area (Å²) in [7, 11) is -5.44. The average Bonchev–Trinajstić information content (AvgIpc) is 2.98. The number of carbonyl (C=O) groups excluding carboxylic acids is 1. The van der Waals surface area contributed by atoms with E-state index in [1.54, 1.807) is 6.20 Å². The molecule has 2 fully saturated rings. The molecule has 3 N–H and O–H groups in total. The van der Waals surface area contributed by atoms with Gasteiger partial charge in [-0.15, -0.1) is 0 Å². The summed E-state index contributed by atoms with van der Waals surface area (Å²) in [4.78, 5) is 21.4. The van der Waals surface area contributed by atoms with Gasteiger partial charge in [-0.05, 0) is 31.4 Å². The van der Waals surface area contributed by atoms with Gasteiger partial charge in [0, 0.05) is 36.1 Å². The van der Waals surface area contributed by atoms with Crippen LogP contribution in [0.4, 0.5) is 37.7 Å². The fourth-order valence-electron chi connectivity index (χ4n) is 5.43. The van der Waals surface area contributed by atoms with Crippen LogP contribution in [0.1, 0.15) is 61.4 Å². The van der Waals surface area contributed by atoms with Gasteiger partial charge in [0.05, 0.1) is 29.8 Å². The second-order valence-electron chi connectivity index (χ2n) is 10.6. The monoisotopic (exact) mass is 640 g/mol. The molecule has 1 saturated heterocycles. The van der Waals surface area contributed by atoms with Gasteiger partial charge in [0.15, 0.2) is 28.2 Å². The molecule has 1 aromatic heterocycles. The lowest BCUT2D eigenvalue weighted by atomic mass is 9.87. The predicted molar refractivity (Wildman–Crippen MR) is 146 cm³/mol. The van der Waals surface area contributed by atoms with Crippen molar-refractivity contribution < 1.29 is 39.6 Å². The summed E-state index contributed by atoms with van der Waals surface area (Å²) in [6.45, 7) is -0.941. The number of amides is 1. The van der Waals surface area contributed by atoms with Crippen molar-refractivity contribution in [3.63, 3.8) is 0 Å². The quantitative estimate of drug-likeness (QED) is 0.118. The number of nitrogens with one attached hydrogen (secondary N) is 1. The lowest BCUT2D eigenvalue weighted by Crippen LogP contribution is -2.59. The number of hydrogen-bond donors (Lipinski definition) is 2. The van der Waals surface area contributed by atoms with Crippen LogP contribution in [0.15, 0.2) is 29.4 Å². The van der Waals surface area contributed by atoms with E-state index in [4.69, 9.17) is 11.1 Å². The van der Waals surface area contributed by atoms with E-state index in [1.807, 2.05) is 0 Å². The molecular formula is C28H26F6N6O3S. The molecule has 1 saturated carbocycles. The standard InChI is InChI=1S/C28H26F6N6O3S/c29-17-8-15(10-35)18(36)9-21(17)39(13-16-11-38-19(12-37-16)14-4-2-1-3-5-14)28(41)20-6-7-40(20)44(42,43)27-25(33)23(31)22(30)24(32)26(27)34/h8-12,14,20,35H,1-7,13,36H2/t20-/m1/s1. The van der Waals surface area contributed by atoms with Crippen LogP contribution < -0.4 is 10.6 Å². The number of sulfonamides is 1. The highest BCUT2D eigenvalue weighted by molar-refractivity contribution is 7.89. The number of aromatic nitrogens is 2. The van der Waals surface area contributed by atoms with Crippen LogP contribution in [0.5, 0.6) is 0 Å². The van der Waals surface area contributed by atoms with Crippen LogP contribution in [-0.4, -0.2) is 47.4 Å². The third-order valence-electron chi connectivity index (χ3n) is 7.93. The number of benzene rings is 2. The SMILES string of the molecule is N=Cc1cc(F)c(N(Cc2cnc(C3CCCCC3)cn2)C(=O)[C@H]2CCN2S(=O)(=O)c2c(F)c(F)c(F)c(F)c2F)cc1N. The van der Waals surface area contributed by atoms with Gasteiger partial charge in [-0.25, -0.2) is 34.8 Å². The van der Waals surface area contributed by atoms with Crippen molar-refractivity contribution in [3.8, 4) is 0 Å². The Balaban J connectivity index is 1.51. The molecule has 1 aliphatic carbocycles. The van der Waals surface area contributed by atoms with Crippen molar-refractivity contribution in [1.29, 1.82) is 5.41 Å². The zero-order valence-corrected chi connectivity index (χ0v) is 23.8. The molecule has 44 heavy (non-hydrogen) atoms. The first kappa shape index (κ1) is 31.4. The molecule has 2 aromatic carbocycles. The Morgan fingerprint density at radius 3 is 2.14 bits per heavy atom. The Labute approximate surface area is 248 Å². The van der Waals surface area contributed by atoms with E-state index in [2.05, 4.69) is 9.97 Å². The molecule has 234 valence electrons. The third-order valence-corrected chi connectivity index (χ3v) is 9.85. The molecule has 0 bridgehead atoms. The Kier molecular flexibility index (Phi) is 8.66. The molecule has 0 unspecified atom stereocenters. The third kappa shape index (κ3) is 5.51. The molecule has 1 amide bonds. The van der Waals surface area contributed by atoms with Crippen LogP contribution in [0.25, 0.3) is 0 Å². The summed E-state index contributed by atoms with van der Waals surface area (Å²) in [5.41, 5.74) is 6.34. The molecule has 16 heteroatoms. The topological polar surface area (TPSA) is 133 Å². The number of nitrogens with zero attached hydrogens (tertiary/aromatic N) is 4. The highest BCUT2D eigenvalue weighted by atomic mass is 32.2. The minimum atomic E-state index is -5.44. The highest BCUT2D eigenvalue weighted by Gasteiger charge is 2.48. The minimum Gasteiger partial charge on any atom is -0.398 e. The van der Waals surface area contributed by atoms with Crippen LogP contribution >= 0.6 is 0 Å². The van der Waals surface area contributed by atoms with Crippen molar-refractivity contribution in [3.05, 3.63) is 76.4 Å². The minimum absolute atomic E-state index is 0.00515. The summed E-state index contributed by atoms with van der Waals surface area (Å²) >= 11 is 0. The maximum atomic E-state index is 15.3. The van der Waals surface area contributed by atoms with Crippen LogP contribution in [0, 0.1) is 40.3 Å². The summed E-state index contributed by atoms with van der Waals surface area (Å²) < 4.78 is 112. The Bertz CT molecular complexity index is 1710. The number of nitrogen functional groups attached to an aromatic ring is 1. The molecular weight excluding hydrogens is 614 g/mol. The van der Waals surface area contributed by atoms with E-state index in [1.165, 1.54) is 6.20 Å². The highest BCUT2D eigenvalue weighted by Crippen LogP contribution is 2.36. The zero-order chi connectivity index (χ0) is 31.9. The lowest BCUT2D eigenvalue weighted by molar-refractivity contribution is -0.125. The first-order valence-electron chi connectivity index (χ1n) is 13.6. The van der Waals surface area contributed by atoms with Gasteiger partial charge in [-0.1, -0.05) is 19.3 Å².